The van der Waals surface area contributed by atoms with Gasteiger partial charge in [0, 0.05) is 6.54 Å². The van der Waals surface area contributed by atoms with Crippen molar-refractivity contribution in [3.63, 3.8) is 0 Å². The van der Waals surface area contributed by atoms with Crippen molar-refractivity contribution in [1.29, 1.82) is 0 Å². The lowest BCUT2D eigenvalue weighted by Gasteiger charge is -2.38. The summed E-state index contributed by atoms with van der Waals surface area (Å²) in [5.41, 5.74) is 2.79. The van der Waals surface area contributed by atoms with Gasteiger partial charge in [0.15, 0.2) is 8.24 Å². The van der Waals surface area contributed by atoms with Crippen LogP contribution in [0.3, 0.4) is 0 Å². The number of nitrogens with zero attached hydrogens (tertiary/aromatic N) is 1. The minimum absolute atomic E-state index is 1.03. The Morgan fingerprint density at radius 1 is 0.895 bits per heavy atom. The van der Waals surface area contributed by atoms with E-state index in [0.717, 1.165) is 6.54 Å². The van der Waals surface area contributed by atoms with Crippen molar-refractivity contribution >= 4 is 19.5 Å². The molecule has 0 N–H and O–H groups in total. The van der Waals surface area contributed by atoms with Crippen LogP contribution in [-0.2, 0) is 6.54 Å². The van der Waals surface area contributed by atoms with E-state index in [1.165, 1.54) is 16.3 Å². The smallest absolute Gasteiger partial charge is 0.181 e. The van der Waals surface area contributed by atoms with Crippen molar-refractivity contribution in [2.24, 2.45) is 0 Å². The first kappa shape index (κ1) is 12.2. The molecule has 2 aromatic carbocycles. The predicted octanol–water partition coefficient (Wildman–Crippen LogP) is 3.59. The van der Waals surface area contributed by atoms with Gasteiger partial charge in [0.1, 0.15) is 0 Å². The Balaban J connectivity index is 1.93. The molecule has 2 heteroatoms. The van der Waals surface area contributed by atoms with Gasteiger partial charge in [-0.3, -0.25) is 0 Å². The highest BCUT2D eigenvalue weighted by Gasteiger charge is 2.31. The number of fused-ring (bicyclic) bond motifs is 1. The lowest BCUT2D eigenvalue weighted by Crippen LogP contribution is -2.55. The molecular formula is C17H19NSi. The first-order valence-electron chi connectivity index (χ1n) is 6.76. The van der Waals surface area contributed by atoms with E-state index in [1.807, 2.05) is 0 Å². The van der Waals surface area contributed by atoms with Gasteiger partial charge in [0.2, 0.25) is 0 Å². The molecule has 0 saturated carbocycles. The normalized spacial score (nSPS) is 14.3. The molecule has 0 atom stereocenters. The summed E-state index contributed by atoms with van der Waals surface area (Å²) < 4.78 is 2.55. The molecule has 0 aliphatic carbocycles. The van der Waals surface area contributed by atoms with Gasteiger partial charge in [-0.25, -0.2) is 0 Å². The van der Waals surface area contributed by atoms with Gasteiger partial charge in [-0.1, -0.05) is 54.6 Å². The van der Waals surface area contributed by atoms with Crippen molar-refractivity contribution in [3.8, 4) is 0 Å². The highest BCUT2D eigenvalue weighted by Crippen LogP contribution is 2.23. The number of hydrogen-bond donors (Lipinski definition) is 0. The maximum Gasteiger partial charge on any atom is 0.181 e. The highest BCUT2D eigenvalue weighted by molar-refractivity contribution is 6.87. The third-order valence-electron chi connectivity index (χ3n) is 4.03. The SMILES string of the molecule is C[Si](C)(c1ccccc1)N1C=Cc2ccccc2C1. The van der Waals surface area contributed by atoms with Crippen LogP contribution < -0.4 is 5.19 Å². The second kappa shape index (κ2) is 4.70. The fourth-order valence-corrected chi connectivity index (χ4v) is 5.00. The zero-order chi connectivity index (χ0) is 13.3. The van der Waals surface area contributed by atoms with Gasteiger partial charge in [-0.15, -0.1) is 0 Å². The van der Waals surface area contributed by atoms with Gasteiger partial charge in [-0.2, -0.15) is 0 Å². The summed E-state index contributed by atoms with van der Waals surface area (Å²) >= 11 is 0. The average Bonchev–Trinajstić information content (AvgIpc) is 2.47. The van der Waals surface area contributed by atoms with E-state index in [1.54, 1.807) is 0 Å². The van der Waals surface area contributed by atoms with E-state index in [9.17, 15) is 0 Å². The van der Waals surface area contributed by atoms with Crippen molar-refractivity contribution in [2.45, 2.75) is 19.6 Å². The van der Waals surface area contributed by atoms with Crippen LogP contribution in [0.1, 0.15) is 11.1 Å². The Morgan fingerprint density at radius 3 is 2.37 bits per heavy atom. The molecule has 1 aliphatic heterocycles. The molecule has 96 valence electrons. The molecule has 0 saturated heterocycles. The lowest BCUT2D eigenvalue weighted by atomic mass is 10.1. The van der Waals surface area contributed by atoms with Crippen molar-refractivity contribution in [3.05, 3.63) is 71.9 Å². The third kappa shape index (κ3) is 2.24. The molecule has 3 rings (SSSR count). The van der Waals surface area contributed by atoms with Crippen LogP contribution in [0, 0.1) is 0 Å². The summed E-state index contributed by atoms with van der Waals surface area (Å²) in [5, 5.41) is 1.49. The van der Waals surface area contributed by atoms with Crippen molar-refractivity contribution < 1.29 is 0 Å². The maximum atomic E-state index is 2.55. The molecule has 1 nitrogen and oxygen atoms in total. The molecule has 0 unspecified atom stereocenters. The fraction of sp³-hybridized carbons (Fsp3) is 0.176. The first-order valence-corrected chi connectivity index (χ1v) is 9.71. The summed E-state index contributed by atoms with van der Waals surface area (Å²) in [4.78, 5) is 0. The standard InChI is InChI=1S/C17H19NSi/c1-19(2,17-10-4-3-5-11-17)18-13-12-15-8-6-7-9-16(15)14-18/h3-13H,14H2,1-2H3. The molecule has 0 radical (unpaired) electrons. The first-order chi connectivity index (χ1) is 9.18. The van der Waals surface area contributed by atoms with Crippen molar-refractivity contribution in [2.75, 3.05) is 0 Å². The molecule has 0 spiro atoms. The van der Waals surface area contributed by atoms with E-state index >= 15 is 0 Å². The minimum atomic E-state index is -1.60. The molecule has 2 aromatic rings. The summed E-state index contributed by atoms with van der Waals surface area (Å²) in [6.45, 7) is 5.86. The van der Waals surface area contributed by atoms with Gasteiger partial charge in [-0.05, 0) is 41.7 Å². The molecule has 19 heavy (non-hydrogen) atoms. The molecule has 0 amide bonds. The van der Waals surface area contributed by atoms with Crippen LogP contribution in [0.5, 0.6) is 0 Å². The number of rotatable bonds is 2. The van der Waals surface area contributed by atoms with E-state index < -0.39 is 8.24 Å². The van der Waals surface area contributed by atoms with Crippen LogP contribution >= 0.6 is 0 Å². The number of hydrogen-bond acceptors (Lipinski definition) is 1. The Labute approximate surface area is 116 Å². The van der Waals surface area contributed by atoms with Crippen LogP contribution in [0.4, 0.5) is 0 Å². The minimum Gasteiger partial charge on any atom is -0.395 e. The molecule has 1 aliphatic rings. The van der Waals surface area contributed by atoms with Crippen LogP contribution in [0.2, 0.25) is 13.1 Å². The zero-order valence-corrected chi connectivity index (χ0v) is 12.5. The second-order valence-electron chi connectivity index (χ2n) is 5.57. The Kier molecular flexibility index (Phi) is 3.03. The second-order valence-corrected chi connectivity index (χ2v) is 9.84. The molecule has 1 heterocycles. The summed E-state index contributed by atoms with van der Waals surface area (Å²) in [6, 6.07) is 19.6. The predicted molar refractivity (Wildman–Crippen MR) is 84.6 cm³/mol. The average molecular weight is 265 g/mol. The topological polar surface area (TPSA) is 3.24 Å². The van der Waals surface area contributed by atoms with E-state index in [2.05, 4.69) is 84.5 Å². The maximum absolute atomic E-state index is 2.55. The van der Waals surface area contributed by atoms with Gasteiger partial charge < -0.3 is 4.57 Å². The summed E-state index contributed by atoms with van der Waals surface area (Å²) in [7, 11) is -1.60. The fourth-order valence-electron chi connectivity index (χ4n) is 2.64. The van der Waals surface area contributed by atoms with Crippen molar-refractivity contribution in [1.82, 2.24) is 4.57 Å². The van der Waals surface area contributed by atoms with Gasteiger partial charge >= 0.3 is 0 Å². The quantitative estimate of drug-likeness (QED) is 0.750. The Morgan fingerprint density at radius 2 is 1.58 bits per heavy atom. The summed E-state index contributed by atoms with van der Waals surface area (Å²) in [6.07, 6.45) is 4.53. The molecular weight excluding hydrogens is 246 g/mol. The van der Waals surface area contributed by atoms with Crippen LogP contribution in [0.25, 0.3) is 6.08 Å². The Hall–Kier alpha value is -1.80. The Bertz CT molecular complexity index is 602. The largest absolute Gasteiger partial charge is 0.395 e. The monoisotopic (exact) mass is 265 g/mol. The lowest BCUT2D eigenvalue weighted by molar-refractivity contribution is 0.557. The molecule has 0 aromatic heterocycles. The van der Waals surface area contributed by atoms with E-state index in [-0.39, 0.29) is 0 Å². The van der Waals surface area contributed by atoms with E-state index in [0.29, 0.717) is 0 Å². The molecule has 0 fully saturated rings. The third-order valence-corrected chi connectivity index (χ3v) is 7.52. The molecule has 0 bridgehead atoms. The van der Waals surface area contributed by atoms with Gasteiger partial charge in [0.25, 0.3) is 0 Å². The summed E-state index contributed by atoms with van der Waals surface area (Å²) in [5.74, 6) is 0. The van der Waals surface area contributed by atoms with E-state index in [4.69, 9.17) is 0 Å². The van der Waals surface area contributed by atoms with Gasteiger partial charge in [0.05, 0.1) is 0 Å². The van der Waals surface area contributed by atoms with Crippen LogP contribution in [0.15, 0.2) is 60.8 Å². The number of benzene rings is 2. The van der Waals surface area contributed by atoms with Crippen LogP contribution in [-0.4, -0.2) is 12.8 Å². The zero-order valence-electron chi connectivity index (χ0n) is 11.5. The highest BCUT2D eigenvalue weighted by atomic mass is 28.3.